The number of hydrogen-bond donors (Lipinski definition) is 1. The Morgan fingerprint density at radius 1 is 1.13 bits per heavy atom. The number of carbonyl (C=O) groups is 1. The number of nitrogens with zero attached hydrogens (tertiary/aromatic N) is 4. The lowest BCUT2D eigenvalue weighted by molar-refractivity contribution is -0.384. The van der Waals surface area contributed by atoms with Gasteiger partial charge in [-0.3, -0.25) is 14.9 Å². The van der Waals surface area contributed by atoms with Crippen LogP contribution in [0.1, 0.15) is 11.1 Å². The number of para-hydroxylation sites is 1. The minimum atomic E-state index is -0.437. The lowest BCUT2D eigenvalue weighted by Gasteiger charge is -2.24. The highest BCUT2D eigenvalue weighted by Gasteiger charge is 2.13. The predicted molar refractivity (Wildman–Crippen MR) is 131 cm³/mol. The quantitative estimate of drug-likeness (QED) is 0.182. The Kier molecular flexibility index (Phi) is 10.7. The monoisotopic (exact) mass is 541 g/mol. The van der Waals surface area contributed by atoms with E-state index in [1.807, 2.05) is 36.2 Å². The van der Waals surface area contributed by atoms with E-state index in [-0.39, 0.29) is 42.1 Å². The van der Waals surface area contributed by atoms with E-state index in [1.165, 1.54) is 17.0 Å². The first-order valence-electron chi connectivity index (χ1n) is 9.36. The number of aliphatic imine (C=N–C) groups is 1. The zero-order chi connectivity index (χ0) is 22.1. The van der Waals surface area contributed by atoms with Crippen molar-refractivity contribution in [1.29, 1.82) is 0 Å². The van der Waals surface area contributed by atoms with Crippen LogP contribution in [-0.2, 0) is 17.9 Å². The zero-order valence-corrected chi connectivity index (χ0v) is 20.4. The van der Waals surface area contributed by atoms with Crippen LogP contribution in [0.5, 0.6) is 5.75 Å². The van der Waals surface area contributed by atoms with Crippen LogP contribution >= 0.6 is 24.0 Å². The van der Waals surface area contributed by atoms with Gasteiger partial charge in [-0.15, -0.1) is 24.0 Å². The van der Waals surface area contributed by atoms with Gasteiger partial charge in [0.1, 0.15) is 5.75 Å². The van der Waals surface area contributed by atoms with Crippen molar-refractivity contribution in [1.82, 2.24) is 15.1 Å². The number of methoxy groups -OCH3 is 1. The largest absolute Gasteiger partial charge is 0.496 e. The first-order chi connectivity index (χ1) is 14.3. The fourth-order valence-corrected chi connectivity index (χ4v) is 2.68. The number of guanidine groups is 1. The maximum atomic E-state index is 12.0. The topological polar surface area (TPSA) is 100 Å². The van der Waals surface area contributed by atoms with Crippen LogP contribution in [0.25, 0.3) is 0 Å². The number of carbonyl (C=O) groups excluding carboxylic acids is 1. The molecule has 0 aromatic heterocycles. The molecule has 31 heavy (non-hydrogen) atoms. The first kappa shape index (κ1) is 26.1. The Morgan fingerprint density at radius 3 is 2.35 bits per heavy atom. The summed E-state index contributed by atoms with van der Waals surface area (Å²) < 4.78 is 5.41. The van der Waals surface area contributed by atoms with Gasteiger partial charge in [0.15, 0.2) is 5.96 Å². The van der Waals surface area contributed by atoms with Crippen molar-refractivity contribution in [3.63, 3.8) is 0 Å². The molecular weight excluding hydrogens is 513 g/mol. The molecule has 0 aliphatic carbocycles. The smallest absolute Gasteiger partial charge is 0.269 e. The summed E-state index contributed by atoms with van der Waals surface area (Å²) in [5.74, 6) is 1.22. The van der Waals surface area contributed by atoms with Gasteiger partial charge in [0.05, 0.1) is 25.1 Å². The molecule has 2 aromatic rings. The minimum Gasteiger partial charge on any atom is -0.496 e. The molecule has 0 atom stereocenters. The average molecular weight is 541 g/mol. The first-order valence-corrected chi connectivity index (χ1v) is 9.36. The number of amides is 1. The van der Waals surface area contributed by atoms with Crippen LogP contribution in [0, 0.1) is 10.1 Å². The summed E-state index contributed by atoms with van der Waals surface area (Å²) in [5.41, 5.74) is 1.83. The summed E-state index contributed by atoms with van der Waals surface area (Å²) in [7, 11) is 6.87. The molecule has 9 nitrogen and oxygen atoms in total. The van der Waals surface area contributed by atoms with E-state index in [0.29, 0.717) is 19.0 Å². The number of rotatable bonds is 8. The number of hydrogen-bond acceptors (Lipinski definition) is 5. The van der Waals surface area contributed by atoms with E-state index >= 15 is 0 Å². The van der Waals surface area contributed by atoms with Crippen LogP contribution in [0.3, 0.4) is 0 Å². The highest BCUT2D eigenvalue weighted by atomic mass is 127. The Bertz CT molecular complexity index is 903. The lowest BCUT2D eigenvalue weighted by Crippen LogP contribution is -2.43. The average Bonchev–Trinajstić information content (AvgIpc) is 2.74. The molecule has 1 N–H and O–H groups in total. The molecule has 0 heterocycles. The molecule has 0 fully saturated rings. The molecular formula is C21H28IN5O4. The normalized spacial score (nSPS) is 10.6. The third-order valence-electron chi connectivity index (χ3n) is 4.42. The Labute approximate surface area is 199 Å². The molecule has 0 saturated heterocycles. The summed E-state index contributed by atoms with van der Waals surface area (Å²) in [6.07, 6.45) is 0. The Morgan fingerprint density at radius 2 is 1.77 bits per heavy atom. The molecule has 0 unspecified atom stereocenters. The number of nitro groups is 1. The molecule has 0 radical (unpaired) electrons. The number of likely N-dealkylation sites (N-methyl/N-ethyl adjacent to an activating group) is 1. The van der Waals surface area contributed by atoms with Crippen molar-refractivity contribution in [3.05, 3.63) is 69.8 Å². The van der Waals surface area contributed by atoms with E-state index in [4.69, 9.17) is 4.74 Å². The lowest BCUT2D eigenvalue weighted by atomic mass is 10.2. The summed E-state index contributed by atoms with van der Waals surface area (Å²) >= 11 is 0. The number of halogens is 1. The third kappa shape index (κ3) is 8.04. The maximum absolute atomic E-state index is 12.0. The molecule has 168 valence electrons. The molecule has 1 amide bonds. The number of nitro benzene ring substituents is 1. The SMILES string of the molecule is COc1ccccc1CN(C)C(=NCc1ccc([N+](=O)[O-])cc1)NCC(=O)N(C)C.I. The summed E-state index contributed by atoms with van der Waals surface area (Å²) in [4.78, 5) is 30.4. The molecule has 0 bridgehead atoms. The van der Waals surface area contributed by atoms with Gasteiger partial charge in [-0.05, 0) is 11.6 Å². The van der Waals surface area contributed by atoms with Crippen molar-refractivity contribution in [3.8, 4) is 5.75 Å². The summed E-state index contributed by atoms with van der Waals surface area (Å²) in [6, 6.07) is 13.9. The predicted octanol–water partition coefficient (Wildman–Crippen LogP) is 2.89. The molecule has 0 aliphatic heterocycles. The maximum Gasteiger partial charge on any atom is 0.269 e. The second kappa shape index (κ2) is 12.7. The Hall–Kier alpha value is -2.89. The van der Waals surface area contributed by atoms with Crippen LogP contribution in [0.4, 0.5) is 5.69 Å². The second-order valence-corrected chi connectivity index (χ2v) is 6.87. The molecule has 0 spiro atoms. The number of ether oxygens (including phenoxy) is 1. The van der Waals surface area contributed by atoms with E-state index in [0.717, 1.165) is 16.9 Å². The standard InChI is InChI=1S/C21H27N5O4.HI/c1-24(2)20(27)14-23-21(22-13-16-9-11-18(12-10-16)26(28)29)25(3)15-17-7-5-6-8-19(17)30-4;/h5-12H,13-15H2,1-4H3,(H,22,23);1H. The van der Waals surface area contributed by atoms with Gasteiger partial charge in [-0.25, -0.2) is 4.99 Å². The second-order valence-electron chi connectivity index (χ2n) is 6.87. The molecule has 2 rings (SSSR count). The highest BCUT2D eigenvalue weighted by molar-refractivity contribution is 14.0. The zero-order valence-electron chi connectivity index (χ0n) is 18.1. The van der Waals surface area contributed by atoms with Gasteiger partial charge < -0.3 is 19.9 Å². The van der Waals surface area contributed by atoms with Gasteiger partial charge in [0, 0.05) is 45.4 Å². The fraction of sp³-hybridized carbons (Fsp3) is 0.333. The molecule has 0 aliphatic rings. The molecule has 0 saturated carbocycles. The molecule has 2 aromatic carbocycles. The van der Waals surface area contributed by atoms with Crippen molar-refractivity contribution < 1.29 is 14.5 Å². The van der Waals surface area contributed by atoms with E-state index in [9.17, 15) is 14.9 Å². The minimum absolute atomic E-state index is 0. The Balaban J connectivity index is 0.00000480. The van der Waals surface area contributed by atoms with Gasteiger partial charge >= 0.3 is 0 Å². The third-order valence-corrected chi connectivity index (χ3v) is 4.42. The van der Waals surface area contributed by atoms with Crippen molar-refractivity contribution >= 4 is 41.5 Å². The van der Waals surface area contributed by atoms with Crippen molar-refractivity contribution in [2.75, 3.05) is 34.8 Å². The van der Waals surface area contributed by atoms with E-state index in [1.54, 1.807) is 33.3 Å². The number of nitrogens with one attached hydrogen (secondary N) is 1. The van der Waals surface area contributed by atoms with Gasteiger partial charge in [0.2, 0.25) is 5.91 Å². The van der Waals surface area contributed by atoms with Crippen LogP contribution < -0.4 is 10.1 Å². The van der Waals surface area contributed by atoms with Crippen molar-refractivity contribution in [2.45, 2.75) is 13.1 Å². The van der Waals surface area contributed by atoms with Crippen LogP contribution in [-0.4, -0.2) is 61.4 Å². The van der Waals surface area contributed by atoms with Crippen LogP contribution in [0.2, 0.25) is 0 Å². The van der Waals surface area contributed by atoms with E-state index in [2.05, 4.69) is 10.3 Å². The number of non-ortho nitro benzene ring substituents is 1. The van der Waals surface area contributed by atoms with Crippen molar-refractivity contribution in [2.24, 2.45) is 4.99 Å². The van der Waals surface area contributed by atoms with Crippen LogP contribution in [0.15, 0.2) is 53.5 Å². The summed E-state index contributed by atoms with van der Waals surface area (Å²) in [5, 5.41) is 13.9. The number of benzene rings is 2. The fourth-order valence-electron chi connectivity index (χ4n) is 2.68. The highest BCUT2D eigenvalue weighted by Crippen LogP contribution is 2.19. The van der Waals surface area contributed by atoms with E-state index < -0.39 is 4.92 Å². The van der Waals surface area contributed by atoms with Gasteiger partial charge in [-0.2, -0.15) is 0 Å². The van der Waals surface area contributed by atoms with Gasteiger partial charge in [-0.1, -0.05) is 30.3 Å². The van der Waals surface area contributed by atoms with Gasteiger partial charge in [0.25, 0.3) is 5.69 Å². The summed E-state index contributed by atoms with van der Waals surface area (Å²) in [6.45, 7) is 0.932. The molecule has 10 heteroatoms.